The Hall–Kier alpha value is -0.680. The van der Waals surface area contributed by atoms with E-state index < -0.39 is 12.0 Å². The van der Waals surface area contributed by atoms with E-state index in [2.05, 4.69) is 5.32 Å². The average molecular weight is 256 g/mol. The fraction of sp³-hybridized carbons (Fsp3) is 0.385. The van der Waals surface area contributed by atoms with Gasteiger partial charge >= 0.3 is 0 Å². The van der Waals surface area contributed by atoms with Crippen LogP contribution in [0, 0.1) is 5.92 Å². The molecule has 5 heteroatoms. The molecule has 18 heavy (non-hydrogen) atoms. The molecule has 1 aliphatic heterocycles. The van der Waals surface area contributed by atoms with Crippen LogP contribution in [0.5, 0.6) is 0 Å². The Bertz CT molecular complexity index is 435. The van der Waals surface area contributed by atoms with E-state index in [9.17, 15) is 14.7 Å². The van der Waals surface area contributed by atoms with E-state index in [4.69, 9.17) is 0 Å². The maximum absolute atomic E-state index is 11.5. The number of carbonyl (C=O) groups excluding carboxylic acids is 2. The van der Waals surface area contributed by atoms with Crippen LogP contribution in [0.4, 0.5) is 0 Å². The number of nitrogens with one attached hydrogen (secondary N) is 1. The second kappa shape index (κ2) is 6.48. The quantitative estimate of drug-likeness (QED) is 0.587. The van der Waals surface area contributed by atoms with Crippen molar-refractivity contribution in [1.29, 1.82) is 0 Å². The van der Waals surface area contributed by atoms with Crippen LogP contribution in [0.25, 0.3) is 0 Å². The number of carbonyl (C=O) groups is 2. The van der Waals surface area contributed by atoms with Gasteiger partial charge in [-0.2, -0.15) is 0 Å². The standard InChI is InChI=1S/C13H15NO3.Na/c1-8(15)11-12(16)10(14-13(11)17)7-9-5-3-2-4-6-9;/h2-6,10-12,16H,7H2,1H3,(H,14,17);. The summed E-state index contributed by atoms with van der Waals surface area (Å²) in [6, 6.07) is 9.20. The maximum Gasteiger partial charge on any atom is 0.233 e. The van der Waals surface area contributed by atoms with E-state index in [0.717, 1.165) is 5.56 Å². The predicted molar refractivity (Wildman–Crippen MR) is 68.0 cm³/mol. The second-order valence-electron chi connectivity index (χ2n) is 4.38. The molecule has 91 valence electrons. The van der Waals surface area contributed by atoms with Gasteiger partial charge in [0, 0.05) is 29.6 Å². The van der Waals surface area contributed by atoms with Crippen molar-refractivity contribution in [1.82, 2.24) is 5.32 Å². The van der Waals surface area contributed by atoms with Gasteiger partial charge in [0.1, 0.15) is 11.7 Å². The molecule has 0 bridgehead atoms. The summed E-state index contributed by atoms with van der Waals surface area (Å²) in [7, 11) is 0. The van der Waals surface area contributed by atoms with Gasteiger partial charge in [-0.1, -0.05) is 30.3 Å². The third-order valence-corrected chi connectivity index (χ3v) is 3.10. The third kappa shape index (κ3) is 3.20. The topological polar surface area (TPSA) is 66.4 Å². The Morgan fingerprint density at radius 1 is 1.33 bits per heavy atom. The molecule has 1 fully saturated rings. The van der Waals surface area contributed by atoms with Gasteiger partial charge in [-0.25, -0.2) is 0 Å². The minimum absolute atomic E-state index is 0. The molecule has 0 saturated carbocycles. The van der Waals surface area contributed by atoms with Crippen LogP contribution in [-0.2, 0) is 16.0 Å². The zero-order chi connectivity index (χ0) is 12.4. The Morgan fingerprint density at radius 3 is 2.44 bits per heavy atom. The van der Waals surface area contributed by atoms with E-state index >= 15 is 0 Å². The van der Waals surface area contributed by atoms with E-state index in [1.807, 2.05) is 30.3 Å². The minimum atomic E-state index is -0.930. The van der Waals surface area contributed by atoms with Crippen molar-refractivity contribution >= 4 is 41.2 Å². The van der Waals surface area contributed by atoms with Crippen molar-refractivity contribution < 1.29 is 14.7 Å². The van der Waals surface area contributed by atoms with Crippen molar-refractivity contribution in [2.24, 2.45) is 5.92 Å². The SMILES string of the molecule is CC(=O)C1C(=O)NC(Cc2ccccc2)C1O.[Na]. The number of hydrogen-bond acceptors (Lipinski definition) is 3. The Kier molecular flexibility index (Phi) is 5.53. The minimum Gasteiger partial charge on any atom is -0.390 e. The first-order chi connectivity index (χ1) is 8.09. The zero-order valence-corrected chi connectivity index (χ0v) is 12.6. The molecule has 1 aliphatic rings. The van der Waals surface area contributed by atoms with Gasteiger partial charge in [-0.15, -0.1) is 0 Å². The number of rotatable bonds is 3. The fourth-order valence-corrected chi connectivity index (χ4v) is 2.21. The first-order valence-corrected chi connectivity index (χ1v) is 5.62. The monoisotopic (exact) mass is 256 g/mol. The summed E-state index contributed by atoms with van der Waals surface area (Å²) in [6.45, 7) is 1.33. The number of benzene rings is 1. The molecule has 3 unspecified atom stereocenters. The normalized spacial score (nSPS) is 26.3. The average Bonchev–Trinajstić information content (AvgIpc) is 2.55. The summed E-state index contributed by atoms with van der Waals surface area (Å²) in [6.07, 6.45) is -0.391. The molecule has 3 atom stereocenters. The zero-order valence-electron chi connectivity index (χ0n) is 10.6. The second-order valence-corrected chi connectivity index (χ2v) is 4.38. The maximum atomic E-state index is 11.5. The van der Waals surface area contributed by atoms with Crippen molar-refractivity contribution in [2.75, 3.05) is 0 Å². The molecule has 2 N–H and O–H groups in total. The van der Waals surface area contributed by atoms with Crippen molar-refractivity contribution in [3.8, 4) is 0 Å². The summed E-state index contributed by atoms with van der Waals surface area (Å²) < 4.78 is 0. The molecule has 0 aliphatic carbocycles. The van der Waals surface area contributed by atoms with Gasteiger partial charge in [0.05, 0.1) is 12.1 Å². The van der Waals surface area contributed by atoms with Crippen LogP contribution < -0.4 is 5.32 Å². The summed E-state index contributed by atoms with van der Waals surface area (Å²) in [5, 5.41) is 12.6. The molecule has 1 aromatic rings. The Labute approximate surface area is 128 Å². The molecule has 1 amide bonds. The van der Waals surface area contributed by atoms with Crippen LogP contribution in [-0.4, -0.2) is 58.5 Å². The summed E-state index contributed by atoms with van der Waals surface area (Å²) in [4.78, 5) is 22.8. The van der Waals surface area contributed by atoms with E-state index in [0.29, 0.717) is 6.42 Å². The molecule has 0 aromatic heterocycles. The van der Waals surface area contributed by atoms with Gasteiger partial charge in [-0.3, -0.25) is 9.59 Å². The summed E-state index contributed by atoms with van der Waals surface area (Å²) >= 11 is 0. The van der Waals surface area contributed by atoms with E-state index in [-0.39, 0.29) is 47.3 Å². The van der Waals surface area contributed by atoms with Crippen molar-refractivity contribution in [2.45, 2.75) is 25.5 Å². The number of ketones is 1. The van der Waals surface area contributed by atoms with Gasteiger partial charge < -0.3 is 10.4 Å². The summed E-state index contributed by atoms with van der Waals surface area (Å²) in [5.74, 6) is -1.57. The first kappa shape index (κ1) is 15.4. The van der Waals surface area contributed by atoms with E-state index in [1.165, 1.54) is 6.92 Å². The number of Topliss-reactive ketones (excluding diaryl/α,β-unsaturated/α-hetero) is 1. The smallest absolute Gasteiger partial charge is 0.233 e. The number of aliphatic hydroxyl groups excluding tert-OH is 1. The largest absolute Gasteiger partial charge is 0.390 e. The first-order valence-electron chi connectivity index (χ1n) is 5.62. The van der Waals surface area contributed by atoms with Gasteiger partial charge in [-0.05, 0) is 18.9 Å². The van der Waals surface area contributed by atoms with Gasteiger partial charge in [0.25, 0.3) is 0 Å². The molecular formula is C13H15NNaO3. The molecule has 1 aromatic carbocycles. The van der Waals surface area contributed by atoms with Gasteiger partial charge in [0.2, 0.25) is 5.91 Å². The van der Waals surface area contributed by atoms with Gasteiger partial charge in [0.15, 0.2) is 0 Å². The Balaban J connectivity index is 0.00000162. The molecule has 1 saturated heterocycles. The number of aliphatic hydroxyl groups is 1. The molecule has 0 spiro atoms. The summed E-state index contributed by atoms with van der Waals surface area (Å²) in [5.41, 5.74) is 1.03. The number of amides is 1. The van der Waals surface area contributed by atoms with Crippen LogP contribution in [0.3, 0.4) is 0 Å². The van der Waals surface area contributed by atoms with Crippen molar-refractivity contribution in [3.05, 3.63) is 35.9 Å². The molecule has 4 nitrogen and oxygen atoms in total. The van der Waals surface area contributed by atoms with Crippen LogP contribution in [0.15, 0.2) is 30.3 Å². The van der Waals surface area contributed by atoms with Crippen LogP contribution >= 0.6 is 0 Å². The molecule has 1 radical (unpaired) electrons. The predicted octanol–water partition coefficient (Wildman–Crippen LogP) is -0.0872. The van der Waals surface area contributed by atoms with Crippen molar-refractivity contribution in [3.63, 3.8) is 0 Å². The molecule has 2 rings (SSSR count). The fourth-order valence-electron chi connectivity index (χ4n) is 2.21. The third-order valence-electron chi connectivity index (χ3n) is 3.10. The number of hydrogen-bond donors (Lipinski definition) is 2. The van der Waals surface area contributed by atoms with Crippen LogP contribution in [0.2, 0.25) is 0 Å². The van der Waals surface area contributed by atoms with E-state index in [1.54, 1.807) is 0 Å². The molecular weight excluding hydrogens is 241 g/mol. The molecule has 1 heterocycles. The Morgan fingerprint density at radius 2 is 1.94 bits per heavy atom. The van der Waals surface area contributed by atoms with Crippen LogP contribution in [0.1, 0.15) is 12.5 Å².